The predicted octanol–water partition coefficient (Wildman–Crippen LogP) is 4.34. The van der Waals surface area contributed by atoms with Crippen molar-refractivity contribution in [2.45, 2.75) is 31.9 Å². The minimum atomic E-state index is -0.715. The van der Waals surface area contributed by atoms with Gasteiger partial charge in [-0.05, 0) is 61.7 Å². The number of likely N-dealkylation sites (tertiary alicyclic amines) is 1. The molecule has 0 radical (unpaired) electrons. The fraction of sp³-hybridized carbons (Fsp3) is 0.333. The van der Waals surface area contributed by atoms with Gasteiger partial charge in [0.15, 0.2) is 0 Å². The van der Waals surface area contributed by atoms with Crippen LogP contribution in [0, 0.1) is 0 Å². The van der Waals surface area contributed by atoms with E-state index in [1.54, 1.807) is 48.5 Å². The van der Waals surface area contributed by atoms with Crippen molar-refractivity contribution in [1.29, 1.82) is 0 Å². The Labute approximate surface area is 186 Å². The first-order valence-electron chi connectivity index (χ1n) is 10.4. The summed E-state index contributed by atoms with van der Waals surface area (Å²) in [5.74, 6) is -0.893. The van der Waals surface area contributed by atoms with Crippen LogP contribution in [0.5, 0.6) is 5.75 Å². The summed E-state index contributed by atoms with van der Waals surface area (Å²) in [5, 5.41) is 11.6. The summed E-state index contributed by atoms with van der Waals surface area (Å²) < 4.78 is 11.1. The fourth-order valence-corrected chi connectivity index (χ4v) is 4.22. The average molecular weight is 442 g/mol. The second-order valence-corrected chi connectivity index (χ2v) is 8.03. The lowest BCUT2D eigenvalue weighted by molar-refractivity contribution is -0.140. The van der Waals surface area contributed by atoms with Gasteiger partial charge in [0.05, 0.1) is 24.3 Å². The lowest BCUT2D eigenvalue weighted by Gasteiger charge is -2.27. The van der Waals surface area contributed by atoms with Gasteiger partial charge in [0.25, 0.3) is 11.7 Å². The number of ether oxygens (including phenoxy) is 2. The van der Waals surface area contributed by atoms with Crippen molar-refractivity contribution < 1.29 is 24.2 Å². The van der Waals surface area contributed by atoms with Gasteiger partial charge in [-0.15, -0.1) is 0 Å². The number of carbonyl (C=O) groups is 2. The second kappa shape index (κ2) is 9.12. The van der Waals surface area contributed by atoms with Crippen molar-refractivity contribution >= 4 is 29.1 Å². The number of aliphatic hydroxyl groups excluding tert-OH is 1. The number of benzene rings is 2. The largest absolute Gasteiger partial charge is 0.507 e. The van der Waals surface area contributed by atoms with Crippen molar-refractivity contribution in [3.8, 4) is 5.75 Å². The highest BCUT2D eigenvalue weighted by Gasteiger charge is 2.47. The number of rotatable bonds is 6. The van der Waals surface area contributed by atoms with E-state index in [1.165, 1.54) is 4.90 Å². The number of carbonyl (C=O) groups excluding carboxylic acids is 2. The Morgan fingerprint density at radius 2 is 1.87 bits per heavy atom. The smallest absolute Gasteiger partial charge is 0.295 e. The van der Waals surface area contributed by atoms with Crippen LogP contribution in [0.2, 0.25) is 5.02 Å². The first-order chi connectivity index (χ1) is 15.0. The summed E-state index contributed by atoms with van der Waals surface area (Å²) in [6, 6.07) is 13.0. The normalized spacial score (nSPS) is 22.8. The highest BCUT2D eigenvalue weighted by Crippen LogP contribution is 2.40. The zero-order valence-corrected chi connectivity index (χ0v) is 18.0. The first kappa shape index (κ1) is 21.4. The molecule has 2 aliphatic heterocycles. The molecular weight excluding hydrogens is 418 g/mol. The number of hydrogen-bond acceptors (Lipinski definition) is 5. The van der Waals surface area contributed by atoms with Crippen LogP contribution in [0.4, 0.5) is 0 Å². The summed E-state index contributed by atoms with van der Waals surface area (Å²) >= 11 is 6.04. The quantitative estimate of drug-likeness (QED) is 0.410. The molecule has 2 aromatic carbocycles. The highest BCUT2D eigenvalue weighted by molar-refractivity contribution is 6.46. The van der Waals surface area contributed by atoms with E-state index in [9.17, 15) is 14.7 Å². The molecule has 0 aliphatic carbocycles. The molecule has 7 heteroatoms. The number of ketones is 1. The maximum Gasteiger partial charge on any atom is 0.295 e. The van der Waals surface area contributed by atoms with Crippen molar-refractivity contribution in [3.63, 3.8) is 0 Å². The molecule has 2 unspecified atom stereocenters. The van der Waals surface area contributed by atoms with Crippen LogP contribution in [0.15, 0.2) is 54.1 Å². The first-order valence-corrected chi connectivity index (χ1v) is 10.8. The van der Waals surface area contributed by atoms with E-state index in [-0.39, 0.29) is 24.0 Å². The Balaban J connectivity index is 1.77. The number of amides is 1. The van der Waals surface area contributed by atoms with Crippen LogP contribution in [-0.2, 0) is 14.3 Å². The molecule has 0 aromatic heterocycles. The molecular formula is C24H24ClNO5. The van der Waals surface area contributed by atoms with E-state index in [4.69, 9.17) is 21.1 Å². The van der Waals surface area contributed by atoms with Crippen LogP contribution in [0.3, 0.4) is 0 Å². The molecule has 2 atom stereocenters. The second-order valence-electron chi connectivity index (χ2n) is 7.60. The minimum Gasteiger partial charge on any atom is -0.507 e. The molecule has 2 aromatic rings. The fourth-order valence-electron chi connectivity index (χ4n) is 4.10. The van der Waals surface area contributed by atoms with Gasteiger partial charge in [0.2, 0.25) is 0 Å². The van der Waals surface area contributed by atoms with Gasteiger partial charge in [-0.1, -0.05) is 23.7 Å². The van der Waals surface area contributed by atoms with Crippen molar-refractivity contribution in [2.24, 2.45) is 0 Å². The highest BCUT2D eigenvalue weighted by atomic mass is 35.5. The zero-order valence-electron chi connectivity index (χ0n) is 17.2. The molecule has 6 nitrogen and oxygen atoms in total. The molecule has 1 N–H and O–H groups in total. The van der Waals surface area contributed by atoms with Crippen LogP contribution in [0.25, 0.3) is 5.76 Å². The Bertz CT molecular complexity index is 994. The average Bonchev–Trinajstić information content (AvgIpc) is 3.37. The zero-order chi connectivity index (χ0) is 22.0. The predicted molar refractivity (Wildman–Crippen MR) is 117 cm³/mol. The number of aliphatic hydroxyl groups is 1. The van der Waals surface area contributed by atoms with E-state index in [2.05, 4.69) is 0 Å². The third-order valence-corrected chi connectivity index (χ3v) is 5.84. The maximum absolute atomic E-state index is 13.0. The lowest BCUT2D eigenvalue weighted by Crippen LogP contribution is -2.36. The van der Waals surface area contributed by atoms with Gasteiger partial charge >= 0.3 is 0 Å². The Hall–Kier alpha value is -2.83. The molecule has 2 aliphatic rings. The number of halogens is 1. The molecule has 162 valence electrons. The Morgan fingerprint density at radius 3 is 2.48 bits per heavy atom. The third-order valence-electron chi connectivity index (χ3n) is 5.59. The van der Waals surface area contributed by atoms with Crippen LogP contribution >= 0.6 is 11.6 Å². The van der Waals surface area contributed by atoms with Gasteiger partial charge in [0, 0.05) is 23.7 Å². The molecule has 0 saturated carbocycles. The van der Waals surface area contributed by atoms with E-state index < -0.39 is 17.7 Å². The summed E-state index contributed by atoms with van der Waals surface area (Å²) in [5.41, 5.74) is 1.21. The molecule has 0 bridgehead atoms. The Kier molecular flexibility index (Phi) is 6.30. The van der Waals surface area contributed by atoms with E-state index in [0.717, 1.165) is 12.8 Å². The van der Waals surface area contributed by atoms with Gasteiger partial charge in [-0.3, -0.25) is 9.59 Å². The molecule has 2 saturated heterocycles. The molecule has 4 rings (SSSR count). The summed E-state index contributed by atoms with van der Waals surface area (Å²) in [4.78, 5) is 27.5. The van der Waals surface area contributed by atoms with Gasteiger partial charge in [-0.2, -0.15) is 0 Å². The Morgan fingerprint density at radius 1 is 1.16 bits per heavy atom. The number of hydrogen-bond donors (Lipinski definition) is 1. The van der Waals surface area contributed by atoms with E-state index >= 15 is 0 Å². The summed E-state index contributed by atoms with van der Waals surface area (Å²) in [7, 11) is 0. The SMILES string of the molecule is CCOc1ccc(/C(O)=C2\C(=O)C(=O)N(CC3CCCO3)C2c2ccc(Cl)cc2)cc1. The van der Waals surface area contributed by atoms with Crippen molar-refractivity contribution in [3.05, 3.63) is 70.3 Å². The molecule has 2 heterocycles. The van der Waals surface area contributed by atoms with Gasteiger partial charge in [-0.25, -0.2) is 0 Å². The lowest BCUT2D eigenvalue weighted by atomic mass is 9.95. The van der Waals surface area contributed by atoms with Gasteiger partial charge in [0.1, 0.15) is 11.5 Å². The summed E-state index contributed by atoms with van der Waals surface area (Å²) in [6.45, 7) is 3.34. The maximum atomic E-state index is 13.0. The molecule has 1 amide bonds. The molecule has 2 fully saturated rings. The van der Waals surface area contributed by atoms with Crippen molar-refractivity contribution in [1.82, 2.24) is 4.90 Å². The summed E-state index contributed by atoms with van der Waals surface area (Å²) in [6.07, 6.45) is 1.63. The van der Waals surface area contributed by atoms with E-state index in [1.807, 2.05) is 6.92 Å². The van der Waals surface area contributed by atoms with Crippen molar-refractivity contribution in [2.75, 3.05) is 19.8 Å². The van der Waals surface area contributed by atoms with Crippen LogP contribution in [0.1, 0.15) is 36.9 Å². The van der Waals surface area contributed by atoms with Crippen LogP contribution in [-0.4, -0.2) is 47.6 Å². The van der Waals surface area contributed by atoms with E-state index in [0.29, 0.717) is 35.1 Å². The monoisotopic (exact) mass is 441 g/mol. The minimum absolute atomic E-state index is 0.0643. The molecule has 31 heavy (non-hydrogen) atoms. The number of nitrogens with zero attached hydrogens (tertiary/aromatic N) is 1. The molecule has 0 spiro atoms. The van der Waals surface area contributed by atoms with Crippen LogP contribution < -0.4 is 4.74 Å². The third kappa shape index (κ3) is 4.31. The standard InChI is InChI=1S/C24H24ClNO5/c1-2-30-18-11-7-16(8-12-18)22(27)20-21(15-5-9-17(25)10-6-15)26(24(29)23(20)28)14-19-4-3-13-31-19/h5-12,19,21,27H,2-4,13-14H2,1H3/b22-20+. The topological polar surface area (TPSA) is 76.1 Å². The number of Topliss-reactive ketones (excluding diaryl/α,β-unsaturated/α-hetero) is 1. The van der Waals surface area contributed by atoms with Gasteiger partial charge < -0.3 is 19.5 Å².